The highest BCUT2D eigenvalue weighted by molar-refractivity contribution is 6.05. The van der Waals surface area contributed by atoms with Gasteiger partial charge in [-0.15, -0.1) is 0 Å². The highest BCUT2D eigenvalue weighted by Gasteiger charge is 2.23. The van der Waals surface area contributed by atoms with E-state index >= 15 is 0 Å². The van der Waals surface area contributed by atoms with Crippen molar-refractivity contribution in [3.05, 3.63) is 40.1 Å². The third-order valence-corrected chi connectivity index (χ3v) is 4.47. The smallest absolute Gasteiger partial charge is 0.257 e. The number of nitrogens with zero attached hydrogens (tertiary/aromatic N) is 3. The van der Waals surface area contributed by atoms with E-state index < -0.39 is 5.82 Å². The van der Waals surface area contributed by atoms with Gasteiger partial charge in [-0.3, -0.25) is 14.4 Å². The number of benzene rings is 1. The number of H-pyrrole nitrogens is 1. The quantitative estimate of drug-likeness (QED) is 0.743. The van der Waals surface area contributed by atoms with E-state index in [1.54, 1.807) is 17.8 Å². The van der Waals surface area contributed by atoms with Crippen LogP contribution in [0.3, 0.4) is 0 Å². The molecule has 0 aliphatic carbocycles. The van der Waals surface area contributed by atoms with Crippen LogP contribution in [0.1, 0.15) is 12.1 Å². The van der Waals surface area contributed by atoms with Gasteiger partial charge in [0.2, 0.25) is 0 Å². The number of pyridine rings is 1. The van der Waals surface area contributed by atoms with E-state index in [1.807, 2.05) is 0 Å². The SMILES string of the molecule is Cn1nc(CN2CC[C@@H](O)C2)c2c3ccc(F)cc3c(=O)[nH]c21. The number of β-amino-alcohol motifs (C(OH)–C–C–N with tert-alkyl or cyclic N) is 1. The Bertz CT molecular complexity index is 962. The molecule has 3 aromatic rings. The van der Waals surface area contributed by atoms with Crippen LogP contribution < -0.4 is 5.56 Å². The fourth-order valence-corrected chi connectivity index (χ4v) is 3.38. The average Bonchev–Trinajstić information content (AvgIpc) is 3.04. The molecule has 23 heavy (non-hydrogen) atoms. The van der Waals surface area contributed by atoms with Crippen LogP contribution >= 0.6 is 0 Å². The third kappa shape index (κ3) is 2.32. The molecular formula is C16H17FN4O2. The predicted molar refractivity (Wildman–Crippen MR) is 84.7 cm³/mol. The van der Waals surface area contributed by atoms with Gasteiger partial charge in [-0.2, -0.15) is 5.10 Å². The number of hydrogen-bond donors (Lipinski definition) is 2. The number of aromatic nitrogens is 3. The fourth-order valence-electron chi connectivity index (χ4n) is 3.38. The van der Waals surface area contributed by atoms with E-state index in [0.717, 1.165) is 24.0 Å². The number of likely N-dealkylation sites (tertiary alicyclic amines) is 1. The zero-order valence-corrected chi connectivity index (χ0v) is 12.7. The lowest BCUT2D eigenvalue weighted by molar-refractivity contribution is 0.174. The van der Waals surface area contributed by atoms with Crippen LogP contribution in [-0.2, 0) is 13.6 Å². The molecule has 2 N–H and O–H groups in total. The molecule has 6 nitrogen and oxygen atoms in total. The first-order chi connectivity index (χ1) is 11.0. The van der Waals surface area contributed by atoms with Crippen LogP contribution in [0.2, 0.25) is 0 Å². The number of nitrogens with one attached hydrogen (secondary N) is 1. The van der Waals surface area contributed by atoms with E-state index in [4.69, 9.17) is 0 Å². The van der Waals surface area contributed by atoms with Gasteiger partial charge in [0.15, 0.2) is 0 Å². The fraction of sp³-hybridized carbons (Fsp3) is 0.375. The molecule has 1 aliphatic heterocycles. The van der Waals surface area contributed by atoms with Gasteiger partial charge in [0, 0.05) is 37.5 Å². The maximum absolute atomic E-state index is 13.5. The molecule has 7 heteroatoms. The molecule has 4 rings (SSSR count). The Morgan fingerprint density at radius 1 is 1.43 bits per heavy atom. The van der Waals surface area contributed by atoms with Gasteiger partial charge in [0.05, 0.1) is 17.2 Å². The molecule has 1 aliphatic rings. The number of aryl methyl sites for hydroxylation is 1. The largest absolute Gasteiger partial charge is 0.392 e. The number of aliphatic hydroxyl groups excluding tert-OH is 1. The summed E-state index contributed by atoms with van der Waals surface area (Å²) in [5, 5.41) is 16.1. The monoisotopic (exact) mass is 316 g/mol. The van der Waals surface area contributed by atoms with E-state index in [-0.39, 0.29) is 11.7 Å². The van der Waals surface area contributed by atoms with Crippen molar-refractivity contribution in [2.24, 2.45) is 7.05 Å². The summed E-state index contributed by atoms with van der Waals surface area (Å²) in [6, 6.07) is 4.24. The normalized spacial score (nSPS) is 19.2. The number of rotatable bonds is 2. The van der Waals surface area contributed by atoms with E-state index in [0.29, 0.717) is 29.5 Å². The van der Waals surface area contributed by atoms with Gasteiger partial charge in [0.1, 0.15) is 11.5 Å². The second kappa shape index (κ2) is 5.14. The second-order valence-electron chi connectivity index (χ2n) is 6.12. The van der Waals surface area contributed by atoms with Crippen molar-refractivity contribution >= 4 is 21.8 Å². The van der Waals surface area contributed by atoms with Gasteiger partial charge < -0.3 is 10.1 Å². The Morgan fingerprint density at radius 2 is 2.26 bits per heavy atom. The Hall–Kier alpha value is -2.25. The number of halogens is 1. The van der Waals surface area contributed by atoms with Crippen molar-refractivity contribution in [3.63, 3.8) is 0 Å². The molecule has 0 saturated carbocycles. The second-order valence-corrected chi connectivity index (χ2v) is 6.12. The predicted octanol–water partition coefficient (Wildman–Crippen LogP) is 1.12. The van der Waals surface area contributed by atoms with Crippen molar-refractivity contribution < 1.29 is 9.50 Å². The third-order valence-electron chi connectivity index (χ3n) is 4.47. The highest BCUT2D eigenvalue weighted by atomic mass is 19.1. The lowest BCUT2D eigenvalue weighted by Crippen LogP contribution is -2.22. The maximum Gasteiger partial charge on any atom is 0.257 e. The van der Waals surface area contributed by atoms with Crippen LogP contribution in [0.4, 0.5) is 4.39 Å². The summed E-state index contributed by atoms with van der Waals surface area (Å²) in [7, 11) is 1.77. The molecule has 2 aromatic heterocycles. The van der Waals surface area contributed by atoms with Crippen LogP contribution in [0.25, 0.3) is 21.8 Å². The summed E-state index contributed by atoms with van der Waals surface area (Å²) in [4.78, 5) is 17.1. The molecule has 1 atom stereocenters. The number of fused-ring (bicyclic) bond motifs is 3. The lowest BCUT2D eigenvalue weighted by atomic mass is 10.1. The van der Waals surface area contributed by atoms with Crippen molar-refractivity contribution in [1.29, 1.82) is 0 Å². The average molecular weight is 316 g/mol. The van der Waals surface area contributed by atoms with E-state index in [9.17, 15) is 14.3 Å². The first-order valence-corrected chi connectivity index (χ1v) is 7.60. The minimum absolute atomic E-state index is 0.296. The minimum atomic E-state index is -0.435. The molecule has 0 amide bonds. The van der Waals surface area contributed by atoms with Crippen LogP contribution in [0.5, 0.6) is 0 Å². The number of aliphatic hydroxyl groups is 1. The zero-order valence-electron chi connectivity index (χ0n) is 12.7. The molecule has 0 unspecified atom stereocenters. The van der Waals surface area contributed by atoms with Crippen LogP contribution in [0, 0.1) is 5.82 Å². The van der Waals surface area contributed by atoms with Crippen molar-refractivity contribution in [2.75, 3.05) is 13.1 Å². The molecule has 0 bridgehead atoms. The summed E-state index contributed by atoms with van der Waals surface area (Å²) >= 11 is 0. The first-order valence-electron chi connectivity index (χ1n) is 7.60. The Morgan fingerprint density at radius 3 is 3.00 bits per heavy atom. The van der Waals surface area contributed by atoms with Crippen molar-refractivity contribution in [3.8, 4) is 0 Å². The van der Waals surface area contributed by atoms with Gasteiger partial charge >= 0.3 is 0 Å². The van der Waals surface area contributed by atoms with Crippen LogP contribution in [0.15, 0.2) is 23.0 Å². The lowest BCUT2D eigenvalue weighted by Gasteiger charge is -2.13. The highest BCUT2D eigenvalue weighted by Crippen LogP contribution is 2.26. The summed E-state index contributed by atoms with van der Waals surface area (Å²) in [6.07, 6.45) is 0.462. The summed E-state index contributed by atoms with van der Waals surface area (Å²) in [5.74, 6) is -0.435. The van der Waals surface area contributed by atoms with Gasteiger partial charge in [0.25, 0.3) is 5.56 Å². The summed E-state index contributed by atoms with van der Waals surface area (Å²) in [5.41, 5.74) is 1.13. The zero-order chi connectivity index (χ0) is 16.1. The molecule has 1 aromatic carbocycles. The summed E-state index contributed by atoms with van der Waals surface area (Å²) < 4.78 is 15.1. The Kier molecular flexibility index (Phi) is 3.21. The van der Waals surface area contributed by atoms with Crippen molar-refractivity contribution in [2.45, 2.75) is 19.1 Å². The molecule has 3 heterocycles. The minimum Gasteiger partial charge on any atom is -0.392 e. The standard InChI is InChI=1S/C16H17FN4O2/c1-20-15-14(13(19-20)8-21-5-4-10(22)7-21)11-3-2-9(17)6-12(11)16(23)18-15/h2-3,6,10,22H,4-5,7-8H2,1H3,(H,18,23)/t10-/m1/s1. The molecular weight excluding hydrogens is 299 g/mol. The van der Waals surface area contributed by atoms with E-state index in [1.165, 1.54) is 12.1 Å². The maximum atomic E-state index is 13.5. The van der Waals surface area contributed by atoms with E-state index in [2.05, 4.69) is 15.0 Å². The molecule has 0 spiro atoms. The molecule has 1 saturated heterocycles. The van der Waals surface area contributed by atoms with Gasteiger partial charge in [-0.05, 0) is 18.6 Å². The topological polar surface area (TPSA) is 74.2 Å². The Labute approximate surface area is 131 Å². The number of aromatic amines is 1. The molecule has 120 valence electrons. The molecule has 0 radical (unpaired) electrons. The number of hydrogen-bond acceptors (Lipinski definition) is 4. The van der Waals surface area contributed by atoms with Gasteiger partial charge in [-0.1, -0.05) is 6.07 Å². The Balaban J connectivity index is 1.93. The molecule has 1 fully saturated rings. The summed E-state index contributed by atoms with van der Waals surface area (Å²) in [6.45, 7) is 2.02. The van der Waals surface area contributed by atoms with Crippen molar-refractivity contribution in [1.82, 2.24) is 19.7 Å². The first kappa shape index (κ1) is 14.3. The van der Waals surface area contributed by atoms with Crippen LogP contribution in [-0.4, -0.2) is 44.0 Å². The van der Waals surface area contributed by atoms with Gasteiger partial charge in [-0.25, -0.2) is 4.39 Å².